The highest BCUT2D eigenvalue weighted by Gasteiger charge is 2.70. The van der Waals surface area contributed by atoms with E-state index in [4.69, 9.17) is 50.0 Å². The fourth-order valence-corrected chi connectivity index (χ4v) is 48.1. The molecule has 0 saturated carbocycles. The highest BCUT2D eigenvalue weighted by Crippen LogP contribution is 2.43. The topological polar surface area (TPSA) is 148 Å². The van der Waals surface area contributed by atoms with E-state index in [2.05, 4.69) is 0 Å². The van der Waals surface area contributed by atoms with Crippen molar-refractivity contribution < 1.29 is 59.6 Å². The summed E-state index contributed by atoms with van der Waals surface area (Å²) in [5, 5.41) is 0. The molecule has 1 N–H and O–H groups in total. The summed E-state index contributed by atoms with van der Waals surface area (Å²) < 4.78 is 81.2. The molecule has 0 aromatic rings. The maximum Gasteiger partial charge on any atom is 0.483 e. The molecule has 6 rings (SSSR count). The summed E-state index contributed by atoms with van der Waals surface area (Å²) in [5.41, 5.74) is 0. The van der Waals surface area contributed by atoms with E-state index < -0.39 is 71.4 Å². The molecule has 45 heavy (non-hydrogen) atoms. The van der Waals surface area contributed by atoms with Gasteiger partial charge in [0.25, 0.3) is 0 Å². The summed E-state index contributed by atoms with van der Waals surface area (Å²) in [7, 11) is -27.4. The molecule has 264 valence electrons. The third-order valence-electron chi connectivity index (χ3n) is 8.16. The molecule has 0 aromatic carbocycles. The predicted molar refractivity (Wildman–Crippen MR) is 186 cm³/mol. The molecule has 6 saturated heterocycles. The number of hydrogen-bond donors (Lipinski definition) is 1. The van der Waals surface area contributed by atoms with E-state index in [1.54, 1.807) is 0 Å². The van der Waals surface area contributed by atoms with E-state index in [-0.39, 0.29) is 30.6 Å². The maximum absolute atomic E-state index is 12.5. The Bertz CT molecular complexity index is 976. The molecule has 0 radical (unpaired) electrons. The summed E-state index contributed by atoms with van der Waals surface area (Å²) in [6, 6.07) is 3.14. The SMILES string of the molecule is CCC(C)C(=O)OCCC[Si]12O[SiH](CC)O[Si](CC)(O[Si](O)(CC)O1)O[Si]1(CC)O[SiH](CC)O[Si](CC)(O2)O[Si](CC)(O[SiH3])O1. The Kier molecular flexibility index (Phi) is 15.0. The standard InChI is InChI=1S/C22H56O14Si9/c1-10-21(9)22(23)25-19-18-20-45-30-39(12-3)27-42(15-6,31-40(24,13-4)32-45)35-43(16-7)28-38(11-2)29-44(17-8,36-45)34-41(14-5,26-37)33-43/h21,24,38-39H,10-20H2,1-9,37H3. The molecule has 9 unspecified atom stereocenters. The van der Waals surface area contributed by atoms with Crippen molar-refractivity contribution in [2.45, 2.75) is 124 Å². The van der Waals surface area contributed by atoms with Crippen molar-refractivity contribution in [3.8, 4) is 0 Å². The van der Waals surface area contributed by atoms with Crippen LogP contribution < -0.4 is 0 Å². The van der Waals surface area contributed by atoms with Crippen molar-refractivity contribution in [1.82, 2.24) is 0 Å². The Morgan fingerprint density at radius 3 is 1.60 bits per heavy atom. The van der Waals surface area contributed by atoms with Gasteiger partial charge < -0.3 is 54.8 Å². The first-order valence-corrected chi connectivity index (χ1v) is 32.6. The van der Waals surface area contributed by atoms with Crippen LogP contribution in [0.1, 0.15) is 75.2 Å². The number of carbonyl (C=O) groups excluding carboxylic acids is 1. The molecular weight excluding hydrogens is 741 g/mol. The summed E-state index contributed by atoms with van der Waals surface area (Å²) in [6.07, 6.45) is 1.06. The van der Waals surface area contributed by atoms with Gasteiger partial charge in [-0.05, 0) is 24.9 Å². The molecule has 6 fully saturated rings. The van der Waals surface area contributed by atoms with Crippen LogP contribution in [0, 0.1) is 5.92 Å². The quantitative estimate of drug-likeness (QED) is 0.156. The van der Waals surface area contributed by atoms with E-state index in [1.807, 2.05) is 62.3 Å². The molecule has 0 aliphatic carbocycles. The number of carbonyl (C=O) groups is 1. The molecule has 0 aromatic heterocycles. The number of ether oxygens (including phenoxy) is 1. The minimum atomic E-state index is -4.05. The monoisotopic (exact) mass is 796 g/mol. The van der Waals surface area contributed by atoms with E-state index in [9.17, 15) is 9.59 Å². The van der Waals surface area contributed by atoms with E-state index >= 15 is 0 Å². The van der Waals surface area contributed by atoms with Crippen molar-refractivity contribution >= 4 is 87.8 Å². The lowest BCUT2D eigenvalue weighted by Crippen LogP contribution is -2.77. The average Bonchev–Trinajstić information content (AvgIpc) is 3.02. The first-order valence-electron chi connectivity index (χ1n) is 16.6. The lowest BCUT2D eigenvalue weighted by Gasteiger charge is -2.54. The van der Waals surface area contributed by atoms with Crippen molar-refractivity contribution in [3.05, 3.63) is 0 Å². The smallest absolute Gasteiger partial charge is 0.465 e. The highest BCUT2D eigenvalue weighted by molar-refractivity contribution is 6.95. The fourth-order valence-electron chi connectivity index (χ4n) is 5.06. The Hall–Kier alpha value is 0.942. The molecule has 9 atom stereocenters. The van der Waals surface area contributed by atoms with Gasteiger partial charge in [-0.2, -0.15) is 0 Å². The molecule has 6 aliphatic heterocycles. The van der Waals surface area contributed by atoms with Crippen LogP contribution in [-0.4, -0.2) is 99.3 Å². The van der Waals surface area contributed by atoms with Gasteiger partial charge in [0.1, 0.15) is 10.5 Å². The summed E-state index contributed by atoms with van der Waals surface area (Å²) in [4.78, 5) is 24.6. The zero-order valence-electron chi connectivity index (χ0n) is 28.8. The second-order valence-corrected chi connectivity index (χ2v) is 37.4. The summed E-state index contributed by atoms with van der Waals surface area (Å²) >= 11 is 0. The van der Waals surface area contributed by atoms with E-state index in [0.29, 0.717) is 59.6 Å². The van der Waals surface area contributed by atoms with Crippen LogP contribution in [0.2, 0.25) is 48.4 Å². The molecule has 4 bridgehead atoms. The average molecular weight is 797 g/mol. The van der Waals surface area contributed by atoms with Crippen LogP contribution in [0.15, 0.2) is 0 Å². The Morgan fingerprint density at radius 1 is 0.711 bits per heavy atom. The first kappa shape index (κ1) is 40.4. The molecule has 14 nitrogen and oxygen atoms in total. The number of hydrogen-bond acceptors (Lipinski definition) is 14. The second-order valence-electron chi connectivity index (χ2n) is 11.4. The maximum atomic E-state index is 12.5. The van der Waals surface area contributed by atoms with Gasteiger partial charge in [0.2, 0.25) is 0 Å². The third-order valence-corrected chi connectivity index (χ3v) is 42.2. The zero-order valence-corrected chi connectivity index (χ0v) is 39.1. The molecule has 6 aliphatic rings. The second kappa shape index (κ2) is 16.8. The van der Waals surface area contributed by atoms with Crippen molar-refractivity contribution in [2.75, 3.05) is 6.61 Å². The van der Waals surface area contributed by atoms with Gasteiger partial charge in [-0.25, -0.2) is 0 Å². The predicted octanol–water partition coefficient (Wildman–Crippen LogP) is 2.68. The van der Waals surface area contributed by atoms with Gasteiger partial charge in [-0.3, -0.25) is 4.79 Å². The minimum Gasteiger partial charge on any atom is -0.465 e. The van der Waals surface area contributed by atoms with Gasteiger partial charge in [0.15, 0.2) is 0 Å². The number of rotatable bonds is 14. The van der Waals surface area contributed by atoms with Gasteiger partial charge in [-0.15, -0.1) is 0 Å². The van der Waals surface area contributed by atoms with Gasteiger partial charge in [0, 0.05) is 36.3 Å². The minimum absolute atomic E-state index is 0.139. The van der Waals surface area contributed by atoms with Crippen LogP contribution in [0.3, 0.4) is 0 Å². The number of esters is 1. The van der Waals surface area contributed by atoms with Crippen LogP contribution in [0.25, 0.3) is 0 Å². The van der Waals surface area contributed by atoms with E-state index in [1.165, 1.54) is 0 Å². The van der Waals surface area contributed by atoms with Crippen molar-refractivity contribution in [2.24, 2.45) is 5.92 Å². The van der Waals surface area contributed by atoms with Gasteiger partial charge >= 0.3 is 77.4 Å². The zero-order chi connectivity index (χ0) is 33.6. The van der Waals surface area contributed by atoms with E-state index in [0.717, 1.165) is 0 Å². The first-order chi connectivity index (χ1) is 21.2. The Labute approximate surface area is 282 Å². The highest BCUT2D eigenvalue weighted by atomic mass is 28.6. The van der Waals surface area contributed by atoms with Crippen LogP contribution in [0.4, 0.5) is 0 Å². The molecule has 0 amide bonds. The van der Waals surface area contributed by atoms with Crippen LogP contribution in [-0.2, 0) is 54.8 Å². The van der Waals surface area contributed by atoms with Gasteiger partial charge in [0.05, 0.1) is 12.5 Å². The van der Waals surface area contributed by atoms with Crippen LogP contribution >= 0.6 is 0 Å². The lowest BCUT2D eigenvalue weighted by molar-refractivity contribution is -0.148. The van der Waals surface area contributed by atoms with Crippen LogP contribution in [0.5, 0.6) is 0 Å². The Morgan fingerprint density at radius 2 is 1.18 bits per heavy atom. The lowest BCUT2D eigenvalue weighted by atomic mass is 10.1. The summed E-state index contributed by atoms with van der Waals surface area (Å²) in [6.45, 7) is 17.5. The largest absolute Gasteiger partial charge is 0.483 e. The Balaban J connectivity index is 2.25. The van der Waals surface area contributed by atoms with Crippen molar-refractivity contribution in [1.29, 1.82) is 0 Å². The molecule has 23 heteroatoms. The third kappa shape index (κ3) is 9.59. The molecule has 6 heterocycles. The van der Waals surface area contributed by atoms with Crippen molar-refractivity contribution in [3.63, 3.8) is 0 Å². The fraction of sp³-hybridized carbons (Fsp3) is 0.955. The molecular formula is C22H56O14Si9. The normalized spacial score (nSPS) is 41.6. The van der Waals surface area contributed by atoms with Gasteiger partial charge in [-0.1, -0.05) is 62.3 Å². The molecule has 0 spiro atoms. The summed E-state index contributed by atoms with van der Waals surface area (Å²) in [5.74, 6) is -0.468.